The molecule has 11 heteroatoms. The van der Waals surface area contributed by atoms with Crippen LogP contribution in [0.2, 0.25) is 0 Å². The van der Waals surface area contributed by atoms with Gasteiger partial charge in [0.2, 0.25) is 5.91 Å². The number of fused-ring (bicyclic) bond motifs is 3. The van der Waals surface area contributed by atoms with E-state index in [-0.39, 0.29) is 35.5 Å². The fraction of sp³-hybridized carbons (Fsp3) is 0.360. The van der Waals surface area contributed by atoms with Crippen LogP contribution in [0.15, 0.2) is 37.1 Å². The standard InChI is InChI=1S/C25H26N8O3/c1-13(35)22-23(15-6-16-3-4-17(7-15)32(16)21(36)11-34)31-25-18(9-30-33(25)24(22)26)14-2-5-19(28-8-14)20-10-27-12-29-20/h2,5,8-10,12,15-17,34H,3-4,6-7,11,26H2,1H3,(H,27,29)/t15-,16-,17?/m0/s1. The second-order valence-electron chi connectivity index (χ2n) is 9.51. The highest BCUT2D eigenvalue weighted by atomic mass is 16.3. The number of nitrogens with zero attached hydrogens (tertiary/aromatic N) is 6. The number of rotatable bonds is 5. The number of hydrogen-bond acceptors (Lipinski definition) is 8. The summed E-state index contributed by atoms with van der Waals surface area (Å²) < 4.78 is 1.51. The zero-order valence-corrected chi connectivity index (χ0v) is 19.8. The van der Waals surface area contributed by atoms with E-state index in [1.54, 1.807) is 24.9 Å². The molecule has 0 aromatic carbocycles. The van der Waals surface area contributed by atoms with Crippen molar-refractivity contribution in [3.63, 3.8) is 0 Å². The van der Waals surface area contributed by atoms with E-state index in [1.807, 2.05) is 17.0 Å². The van der Waals surface area contributed by atoms with Crippen LogP contribution in [0.25, 0.3) is 28.2 Å². The Morgan fingerprint density at radius 1 is 1.14 bits per heavy atom. The van der Waals surface area contributed by atoms with Gasteiger partial charge in [0.05, 0.1) is 29.5 Å². The molecule has 2 fully saturated rings. The maximum absolute atomic E-state index is 12.7. The first-order valence-electron chi connectivity index (χ1n) is 12.0. The number of imidazole rings is 1. The van der Waals surface area contributed by atoms with Crippen molar-refractivity contribution >= 4 is 23.2 Å². The Morgan fingerprint density at radius 2 is 1.92 bits per heavy atom. The number of aromatic nitrogens is 6. The molecule has 6 rings (SSSR count). The van der Waals surface area contributed by atoms with E-state index >= 15 is 0 Å². The third-order valence-electron chi connectivity index (χ3n) is 7.44. The van der Waals surface area contributed by atoms with Crippen LogP contribution in [0.4, 0.5) is 5.82 Å². The first-order valence-corrected chi connectivity index (χ1v) is 12.0. The third-order valence-corrected chi connectivity index (χ3v) is 7.44. The zero-order valence-electron chi connectivity index (χ0n) is 19.8. The van der Waals surface area contributed by atoms with Gasteiger partial charge in [-0.25, -0.2) is 9.97 Å². The molecule has 2 bridgehead atoms. The first-order chi connectivity index (χ1) is 17.5. The number of Topliss-reactive ketones (excluding diaryl/α,β-unsaturated/α-hetero) is 1. The fourth-order valence-corrected chi connectivity index (χ4v) is 5.89. The average molecular weight is 487 g/mol. The van der Waals surface area contributed by atoms with Gasteiger partial charge in [-0.15, -0.1) is 0 Å². The van der Waals surface area contributed by atoms with Crippen LogP contribution in [-0.2, 0) is 4.79 Å². The van der Waals surface area contributed by atoms with E-state index in [1.165, 1.54) is 11.4 Å². The van der Waals surface area contributed by atoms with Crippen LogP contribution < -0.4 is 5.73 Å². The molecule has 2 saturated heterocycles. The van der Waals surface area contributed by atoms with Crippen LogP contribution >= 0.6 is 0 Å². The van der Waals surface area contributed by atoms with Crippen molar-refractivity contribution in [2.75, 3.05) is 12.3 Å². The molecule has 11 nitrogen and oxygen atoms in total. The van der Waals surface area contributed by atoms with E-state index in [9.17, 15) is 14.7 Å². The number of carbonyl (C=O) groups is 2. The number of H-pyrrole nitrogens is 1. The largest absolute Gasteiger partial charge is 0.387 e. The third kappa shape index (κ3) is 3.46. The number of hydrogen-bond donors (Lipinski definition) is 3. The van der Waals surface area contributed by atoms with Gasteiger partial charge in [-0.05, 0) is 38.7 Å². The van der Waals surface area contributed by atoms with Gasteiger partial charge < -0.3 is 20.7 Å². The number of piperidine rings is 1. The Balaban J connectivity index is 1.42. The fourth-order valence-electron chi connectivity index (χ4n) is 5.89. The summed E-state index contributed by atoms with van der Waals surface area (Å²) in [6.45, 7) is 1.00. The van der Waals surface area contributed by atoms with Gasteiger partial charge in [0, 0.05) is 41.5 Å². The van der Waals surface area contributed by atoms with Crippen molar-refractivity contribution in [3.05, 3.63) is 48.3 Å². The van der Waals surface area contributed by atoms with Crippen LogP contribution in [0.3, 0.4) is 0 Å². The highest BCUT2D eigenvalue weighted by molar-refractivity contribution is 6.00. The quantitative estimate of drug-likeness (QED) is 0.363. The summed E-state index contributed by atoms with van der Waals surface area (Å²) in [6.07, 6.45) is 9.93. The maximum atomic E-state index is 12.7. The number of carbonyl (C=O) groups excluding carboxylic acids is 2. The molecule has 0 saturated carbocycles. The normalized spacial score (nSPS) is 21.3. The van der Waals surface area contributed by atoms with Crippen LogP contribution in [0, 0.1) is 0 Å². The average Bonchev–Trinajstić information content (AvgIpc) is 3.62. The topological polar surface area (TPSA) is 155 Å². The Hall–Kier alpha value is -4.12. The molecule has 1 unspecified atom stereocenters. The number of ketones is 1. The van der Waals surface area contributed by atoms with Crippen molar-refractivity contribution in [3.8, 4) is 22.5 Å². The molecule has 0 spiro atoms. The van der Waals surface area contributed by atoms with Gasteiger partial charge >= 0.3 is 0 Å². The zero-order chi connectivity index (χ0) is 25.0. The molecular formula is C25H26N8O3. The molecule has 1 amide bonds. The second-order valence-corrected chi connectivity index (χ2v) is 9.51. The minimum absolute atomic E-state index is 0.0237. The van der Waals surface area contributed by atoms with Crippen molar-refractivity contribution in [2.45, 2.75) is 50.6 Å². The first kappa shape index (κ1) is 22.4. The van der Waals surface area contributed by atoms with E-state index in [4.69, 9.17) is 10.7 Å². The van der Waals surface area contributed by atoms with Gasteiger partial charge in [0.1, 0.15) is 18.1 Å². The lowest BCUT2D eigenvalue weighted by Crippen LogP contribution is -2.47. The smallest absolute Gasteiger partial charge is 0.248 e. The van der Waals surface area contributed by atoms with Crippen LogP contribution in [0.1, 0.15) is 54.6 Å². The second kappa shape index (κ2) is 8.52. The number of pyridine rings is 1. The van der Waals surface area contributed by atoms with Crippen LogP contribution in [0.5, 0.6) is 0 Å². The highest BCUT2D eigenvalue weighted by Gasteiger charge is 2.44. The van der Waals surface area contributed by atoms with Gasteiger partial charge in [0.25, 0.3) is 0 Å². The summed E-state index contributed by atoms with van der Waals surface area (Å²) >= 11 is 0. The van der Waals surface area contributed by atoms with E-state index in [0.29, 0.717) is 29.7 Å². The van der Waals surface area contributed by atoms with Gasteiger partial charge in [-0.1, -0.05) is 6.07 Å². The van der Waals surface area contributed by atoms with Crippen molar-refractivity contribution in [1.82, 2.24) is 34.4 Å². The molecule has 0 aliphatic carbocycles. The molecule has 6 heterocycles. The molecule has 184 valence electrons. The Labute approximate surface area is 206 Å². The Bertz CT molecular complexity index is 1450. The number of amides is 1. The van der Waals surface area contributed by atoms with E-state index < -0.39 is 6.61 Å². The number of aromatic amines is 1. The number of aliphatic hydroxyl groups excluding tert-OH is 1. The molecule has 36 heavy (non-hydrogen) atoms. The number of nitrogens with two attached hydrogens (primary N) is 1. The molecule has 3 atom stereocenters. The monoisotopic (exact) mass is 486 g/mol. The summed E-state index contributed by atoms with van der Waals surface area (Å²) in [5, 5.41) is 13.8. The van der Waals surface area contributed by atoms with Gasteiger partial charge in [-0.2, -0.15) is 9.61 Å². The number of nitrogen functional groups attached to an aromatic ring is 1. The summed E-state index contributed by atoms with van der Waals surface area (Å²) in [5.74, 6) is -0.171. The molecule has 4 N–H and O–H groups in total. The van der Waals surface area contributed by atoms with Crippen molar-refractivity contribution in [1.29, 1.82) is 0 Å². The summed E-state index contributed by atoms with van der Waals surface area (Å²) in [5.41, 5.74) is 11.2. The minimum atomic E-state index is -0.486. The molecule has 2 aliphatic heterocycles. The lowest BCUT2D eigenvalue weighted by molar-refractivity contribution is -0.138. The highest BCUT2D eigenvalue weighted by Crippen LogP contribution is 2.44. The Kier molecular flexibility index (Phi) is 5.29. The predicted molar refractivity (Wildman–Crippen MR) is 131 cm³/mol. The van der Waals surface area contributed by atoms with Gasteiger partial charge in [0.15, 0.2) is 11.4 Å². The van der Waals surface area contributed by atoms with Gasteiger partial charge in [-0.3, -0.25) is 14.6 Å². The summed E-state index contributed by atoms with van der Waals surface area (Å²) in [7, 11) is 0. The lowest BCUT2D eigenvalue weighted by Gasteiger charge is -2.39. The minimum Gasteiger partial charge on any atom is -0.387 e. The SMILES string of the molecule is CC(=O)c1c([C@@H]2CC3CC[C@@H](C2)N3C(=O)CO)nc2c(-c3ccc(-c4c[nH]cn4)nc3)cnn2c1N. The molecule has 2 aliphatic rings. The van der Waals surface area contributed by atoms with Crippen molar-refractivity contribution < 1.29 is 14.7 Å². The lowest BCUT2D eigenvalue weighted by atomic mass is 9.85. The molecular weight excluding hydrogens is 460 g/mol. The molecule has 4 aromatic heterocycles. The van der Waals surface area contributed by atoms with E-state index in [2.05, 4.69) is 20.1 Å². The molecule has 0 radical (unpaired) electrons. The molecule has 4 aromatic rings. The maximum Gasteiger partial charge on any atom is 0.248 e. The Morgan fingerprint density at radius 3 is 2.53 bits per heavy atom. The summed E-state index contributed by atoms with van der Waals surface area (Å²) in [6, 6.07) is 3.87. The van der Waals surface area contributed by atoms with Crippen molar-refractivity contribution in [2.24, 2.45) is 0 Å². The van der Waals surface area contributed by atoms with Crippen LogP contribution in [-0.4, -0.2) is 69.9 Å². The number of nitrogens with one attached hydrogen (secondary N) is 1. The number of aliphatic hydroxyl groups is 1. The summed E-state index contributed by atoms with van der Waals surface area (Å²) in [4.78, 5) is 43.5. The van der Waals surface area contributed by atoms with E-state index in [0.717, 1.165) is 35.4 Å². The predicted octanol–water partition coefficient (Wildman–Crippen LogP) is 2.20. The number of anilines is 1.